The topological polar surface area (TPSA) is 63.7 Å². The van der Waals surface area contributed by atoms with Crippen molar-refractivity contribution in [2.45, 2.75) is 13.3 Å². The molecule has 1 atom stereocenters. The monoisotopic (exact) mass is 339 g/mol. The number of hydrogen-bond donors (Lipinski definition) is 0. The molecule has 2 amide bonds. The quantitative estimate of drug-likeness (QED) is 0.622. The second-order valence-corrected chi connectivity index (χ2v) is 5.55. The van der Waals surface area contributed by atoms with Crippen molar-refractivity contribution in [2.24, 2.45) is 5.92 Å². The van der Waals surface area contributed by atoms with E-state index in [9.17, 15) is 14.4 Å². The van der Waals surface area contributed by atoms with Crippen LogP contribution in [0.15, 0.2) is 22.7 Å². The maximum atomic E-state index is 12.1. The summed E-state index contributed by atoms with van der Waals surface area (Å²) in [7, 11) is 1.53. The first-order valence-electron chi connectivity index (χ1n) is 6.15. The Morgan fingerprint density at radius 2 is 2.15 bits per heavy atom. The van der Waals surface area contributed by atoms with Crippen LogP contribution in [0.25, 0.3) is 0 Å². The maximum absolute atomic E-state index is 12.1. The molecule has 1 saturated heterocycles. The van der Waals surface area contributed by atoms with Gasteiger partial charge < -0.3 is 4.74 Å². The Morgan fingerprint density at radius 3 is 2.65 bits per heavy atom. The number of ether oxygens (including phenoxy) is 1. The second-order valence-electron chi connectivity index (χ2n) is 4.70. The van der Waals surface area contributed by atoms with Crippen molar-refractivity contribution in [1.29, 1.82) is 0 Å². The predicted molar refractivity (Wildman–Crippen MR) is 75.5 cm³/mol. The van der Waals surface area contributed by atoms with E-state index in [2.05, 4.69) is 15.9 Å². The highest BCUT2D eigenvalue weighted by Crippen LogP contribution is 2.26. The van der Waals surface area contributed by atoms with E-state index in [1.807, 2.05) is 0 Å². The van der Waals surface area contributed by atoms with E-state index in [0.29, 0.717) is 15.8 Å². The largest absolute Gasteiger partial charge is 0.496 e. The standard InChI is InChI=1S/C14H14BrNO4/c1-8-5-13(18)16(14(8)19)7-11(17)9-3-4-12(20-2)10(15)6-9/h3-4,6,8H,5,7H2,1-2H3. The van der Waals surface area contributed by atoms with Gasteiger partial charge in [0.25, 0.3) is 0 Å². The molecular weight excluding hydrogens is 326 g/mol. The maximum Gasteiger partial charge on any atom is 0.232 e. The molecule has 0 N–H and O–H groups in total. The number of halogens is 1. The Morgan fingerprint density at radius 1 is 1.45 bits per heavy atom. The summed E-state index contributed by atoms with van der Waals surface area (Å²) in [5, 5.41) is 0. The van der Waals surface area contributed by atoms with Gasteiger partial charge in [-0.3, -0.25) is 19.3 Å². The molecule has 1 aromatic rings. The molecular formula is C14H14BrNO4. The number of carbonyl (C=O) groups excluding carboxylic acids is 3. The molecule has 1 aliphatic heterocycles. The van der Waals surface area contributed by atoms with Crippen LogP contribution in [0, 0.1) is 5.92 Å². The Kier molecular flexibility index (Phi) is 4.23. The van der Waals surface area contributed by atoms with Gasteiger partial charge in [0.15, 0.2) is 5.78 Å². The molecule has 0 bridgehead atoms. The van der Waals surface area contributed by atoms with Crippen molar-refractivity contribution < 1.29 is 19.1 Å². The zero-order chi connectivity index (χ0) is 14.9. The lowest BCUT2D eigenvalue weighted by molar-refractivity contribution is -0.138. The van der Waals surface area contributed by atoms with Crippen LogP contribution in [0.5, 0.6) is 5.75 Å². The number of Topliss-reactive ketones (excluding diaryl/α,β-unsaturated/α-hetero) is 1. The zero-order valence-corrected chi connectivity index (χ0v) is 12.8. The molecule has 20 heavy (non-hydrogen) atoms. The van der Waals surface area contributed by atoms with Gasteiger partial charge in [-0.2, -0.15) is 0 Å². The van der Waals surface area contributed by atoms with Gasteiger partial charge in [-0.25, -0.2) is 0 Å². The first kappa shape index (κ1) is 14.7. The normalized spacial score (nSPS) is 18.6. The zero-order valence-electron chi connectivity index (χ0n) is 11.2. The Bertz CT molecular complexity index is 585. The molecule has 1 aromatic carbocycles. The van der Waals surface area contributed by atoms with Crippen LogP contribution >= 0.6 is 15.9 Å². The third-order valence-corrected chi connectivity index (χ3v) is 3.86. The minimum absolute atomic E-state index is 0.179. The molecule has 0 radical (unpaired) electrons. The third-order valence-electron chi connectivity index (χ3n) is 3.24. The van der Waals surface area contributed by atoms with E-state index >= 15 is 0 Å². The SMILES string of the molecule is COc1ccc(C(=O)CN2C(=O)CC(C)C2=O)cc1Br. The average Bonchev–Trinajstić information content (AvgIpc) is 2.65. The van der Waals surface area contributed by atoms with Crippen LogP contribution in [-0.2, 0) is 9.59 Å². The Balaban J connectivity index is 2.15. The van der Waals surface area contributed by atoms with Gasteiger partial charge in [0.2, 0.25) is 11.8 Å². The number of ketones is 1. The van der Waals surface area contributed by atoms with Crippen LogP contribution < -0.4 is 4.74 Å². The molecule has 1 heterocycles. The molecule has 1 aliphatic rings. The fourth-order valence-corrected chi connectivity index (χ4v) is 2.63. The van der Waals surface area contributed by atoms with Crippen molar-refractivity contribution in [1.82, 2.24) is 4.90 Å². The van der Waals surface area contributed by atoms with Crippen molar-refractivity contribution in [3.8, 4) is 5.75 Å². The summed E-state index contributed by atoms with van der Waals surface area (Å²) in [5.74, 6) is -0.565. The molecule has 5 nitrogen and oxygen atoms in total. The van der Waals surface area contributed by atoms with Crippen molar-refractivity contribution in [3.05, 3.63) is 28.2 Å². The molecule has 1 fully saturated rings. The van der Waals surface area contributed by atoms with Crippen LogP contribution in [0.1, 0.15) is 23.7 Å². The Hall–Kier alpha value is -1.69. The number of nitrogens with zero attached hydrogens (tertiary/aromatic N) is 1. The number of benzene rings is 1. The number of carbonyl (C=O) groups is 3. The van der Waals surface area contributed by atoms with Gasteiger partial charge in [-0.05, 0) is 34.1 Å². The number of imide groups is 1. The highest BCUT2D eigenvalue weighted by atomic mass is 79.9. The van der Waals surface area contributed by atoms with Crippen LogP contribution in [0.2, 0.25) is 0 Å². The fourth-order valence-electron chi connectivity index (χ4n) is 2.09. The van der Waals surface area contributed by atoms with Gasteiger partial charge in [0.1, 0.15) is 5.75 Å². The molecule has 106 valence electrons. The van der Waals surface area contributed by atoms with Crippen LogP contribution in [0.4, 0.5) is 0 Å². The minimum atomic E-state index is -0.335. The van der Waals surface area contributed by atoms with Crippen LogP contribution in [-0.4, -0.2) is 36.2 Å². The first-order valence-corrected chi connectivity index (χ1v) is 6.94. The molecule has 0 aromatic heterocycles. The summed E-state index contributed by atoms with van der Waals surface area (Å²) in [6, 6.07) is 4.89. The average molecular weight is 340 g/mol. The van der Waals surface area contributed by atoms with E-state index in [-0.39, 0.29) is 36.5 Å². The fraction of sp³-hybridized carbons (Fsp3) is 0.357. The van der Waals surface area contributed by atoms with Crippen LogP contribution in [0.3, 0.4) is 0 Å². The second kappa shape index (κ2) is 5.75. The molecule has 0 aliphatic carbocycles. The van der Waals surface area contributed by atoms with Crippen molar-refractivity contribution >= 4 is 33.5 Å². The van der Waals surface area contributed by atoms with E-state index in [4.69, 9.17) is 4.74 Å². The van der Waals surface area contributed by atoms with E-state index in [1.54, 1.807) is 25.1 Å². The molecule has 1 unspecified atom stereocenters. The van der Waals surface area contributed by atoms with E-state index in [1.165, 1.54) is 7.11 Å². The predicted octanol–water partition coefficient (Wildman–Crippen LogP) is 2.04. The van der Waals surface area contributed by atoms with Crippen molar-refractivity contribution in [2.75, 3.05) is 13.7 Å². The summed E-state index contributed by atoms with van der Waals surface area (Å²) in [6.45, 7) is 1.48. The molecule has 6 heteroatoms. The number of methoxy groups -OCH3 is 1. The minimum Gasteiger partial charge on any atom is -0.496 e. The van der Waals surface area contributed by atoms with E-state index in [0.717, 1.165) is 4.90 Å². The molecule has 0 saturated carbocycles. The summed E-state index contributed by atoms with van der Waals surface area (Å²) in [5.41, 5.74) is 0.429. The van der Waals surface area contributed by atoms with Gasteiger partial charge in [0.05, 0.1) is 18.1 Å². The highest BCUT2D eigenvalue weighted by Gasteiger charge is 2.36. The van der Waals surface area contributed by atoms with E-state index < -0.39 is 0 Å². The summed E-state index contributed by atoms with van der Waals surface area (Å²) in [6.07, 6.45) is 0.179. The lowest BCUT2D eigenvalue weighted by atomic mass is 10.1. The lowest BCUT2D eigenvalue weighted by Crippen LogP contribution is -2.35. The highest BCUT2D eigenvalue weighted by molar-refractivity contribution is 9.10. The first-order chi connectivity index (χ1) is 9.43. The van der Waals surface area contributed by atoms with Gasteiger partial charge in [-0.15, -0.1) is 0 Å². The number of amides is 2. The number of likely N-dealkylation sites (tertiary alicyclic amines) is 1. The summed E-state index contributed by atoms with van der Waals surface area (Å²) >= 11 is 3.30. The summed E-state index contributed by atoms with van der Waals surface area (Å²) < 4.78 is 5.74. The smallest absolute Gasteiger partial charge is 0.232 e. The lowest BCUT2D eigenvalue weighted by Gasteiger charge is -2.13. The van der Waals surface area contributed by atoms with Gasteiger partial charge in [-0.1, -0.05) is 6.92 Å². The molecule has 0 spiro atoms. The van der Waals surface area contributed by atoms with Gasteiger partial charge in [0, 0.05) is 17.9 Å². The summed E-state index contributed by atoms with van der Waals surface area (Å²) in [4.78, 5) is 36.6. The molecule has 2 rings (SSSR count). The van der Waals surface area contributed by atoms with Gasteiger partial charge >= 0.3 is 0 Å². The Labute approximate surface area is 125 Å². The van der Waals surface area contributed by atoms with Crippen molar-refractivity contribution in [3.63, 3.8) is 0 Å². The number of hydrogen-bond acceptors (Lipinski definition) is 4. The number of rotatable bonds is 4. The third kappa shape index (κ3) is 2.75.